The summed E-state index contributed by atoms with van der Waals surface area (Å²) in [5, 5.41) is 0. The first-order valence-corrected chi connectivity index (χ1v) is 6.52. The van der Waals surface area contributed by atoms with Crippen molar-refractivity contribution in [2.24, 2.45) is 5.92 Å². The van der Waals surface area contributed by atoms with E-state index < -0.39 is 11.6 Å². The molecule has 0 heterocycles. The topological polar surface area (TPSA) is 35.2 Å². The van der Waals surface area contributed by atoms with Crippen molar-refractivity contribution in [1.82, 2.24) is 0 Å². The maximum atomic E-state index is 13.6. The number of nitrogen functional groups attached to an aromatic ring is 1. The van der Waals surface area contributed by atoms with Gasteiger partial charge in [0.05, 0.1) is 11.8 Å². The van der Waals surface area contributed by atoms with E-state index in [0.29, 0.717) is 5.92 Å². The maximum Gasteiger partial charge on any atom is 0.202 e. The minimum Gasteiger partial charge on any atom is -0.485 e. The Morgan fingerprint density at radius 2 is 2.11 bits per heavy atom. The standard InChI is InChI=1S/C14H19F2NO/c1-2-9-4-3-5-10(8-9)18-14-12(17)7-6-11(15)13(14)16/h6-7,9-10H,2-5,8,17H2,1H3. The minimum atomic E-state index is -0.978. The van der Waals surface area contributed by atoms with E-state index in [-0.39, 0.29) is 17.5 Å². The molecule has 0 spiro atoms. The first-order chi connectivity index (χ1) is 8.61. The van der Waals surface area contributed by atoms with Crippen LogP contribution >= 0.6 is 0 Å². The molecule has 0 aliphatic heterocycles. The minimum absolute atomic E-state index is 0.0534. The third-order valence-electron chi connectivity index (χ3n) is 3.68. The molecule has 100 valence electrons. The molecule has 2 unspecified atom stereocenters. The van der Waals surface area contributed by atoms with Crippen molar-refractivity contribution < 1.29 is 13.5 Å². The smallest absolute Gasteiger partial charge is 0.202 e. The monoisotopic (exact) mass is 255 g/mol. The average Bonchev–Trinajstić information content (AvgIpc) is 2.39. The van der Waals surface area contributed by atoms with Gasteiger partial charge < -0.3 is 10.5 Å². The van der Waals surface area contributed by atoms with Crippen LogP contribution in [0.25, 0.3) is 0 Å². The molecule has 0 amide bonds. The van der Waals surface area contributed by atoms with Crippen molar-refractivity contribution in [2.45, 2.75) is 45.1 Å². The largest absolute Gasteiger partial charge is 0.485 e. The van der Waals surface area contributed by atoms with E-state index in [2.05, 4.69) is 6.92 Å². The highest BCUT2D eigenvalue weighted by Crippen LogP contribution is 2.33. The molecule has 1 fully saturated rings. The number of anilines is 1. The van der Waals surface area contributed by atoms with Crippen molar-refractivity contribution in [3.8, 4) is 5.75 Å². The summed E-state index contributed by atoms with van der Waals surface area (Å²) in [6.45, 7) is 2.14. The van der Waals surface area contributed by atoms with E-state index in [9.17, 15) is 8.78 Å². The van der Waals surface area contributed by atoms with Crippen LogP contribution in [0.2, 0.25) is 0 Å². The Hall–Kier alpha value is -1.32. The Balaban J connectivity index is 2.11. The highest BCUT2D eigenvalue weighted by molar-refractivity contribution is 5.53. The van der Waals surface area contributed by atoms with Crippen LogP contribution in [-0.4, -0.2) is 6.10 Å². The molecule has 1 aromatic rings. The molecule has 0 radical (unpaired) electrons. The lowest BCUT2D eigenvalue weighted by Crippen LogP contribution is -2.26. The molecule has 0 bridgehead atoms. The Bertz CT molecular complexity index is 423. The van der Waals surface area contributed by atoms with E-state index in [1.807, 2.05) is 0 Å². The van der Waals surface area contributed by atoms with Crippen LogP contribution in [0.15, 0.2) is 12.1 Å². The summed E-state index contributed by atoms with van der Waals surface area (Å²) in [7, 11) is 0. The Morgan fingerprint density at radius 1 is 1.33 bits per heavy atom. The fourth-order valence-electron chi connectivity index (χ4n) is 2.55. The molecule has 18 heavy (non-hydrogen) atoms. The molecular weight excluding hydrogens is 236 g/mol. The number of rotatable bonds is 3. The predicted molar refractivity (Wildman–Crippen MR) is 67.4 cm³/mol. The zero-order valence-corrected chi connectivity index (χ0v) is 10.6. The lowest BCUT2D eigenvalue weighted by molar-refractivity contribution is 0.117. The Morgan fingerprint density at radius 3 is 2.83 bits per heavy atom. The van der Waals surface area contributed by atoms with Crippen molar-refractivity contribution in [2.75, 3.05) is 5.73 Å². The van der Waals surface area contributed by atoms with E-state index in [1.165, 1.54) is 12.5 Å². The number of hydrogen-bond acceptors (Lipinski definition) is 2. The van der Waals surface area contributed by atoms with Crippen LogP contribution in [0.5, 0.6) is 5.75 Å². The second-order valence-corrected chi connectivity index (χ2v) is 4.96. The zero-order chi connectivity index (χ0) is 13.1. The second kappa shape index (κ2) is 5.55. The van der Waals surface area contributed by atoms with Crippen LogP contribution in [0.4, 0.5) is 14.5 Å². The molecule has 1 saturated carbocycles. The highest BCUT2D eigenvalue weighted by Gasteiger charge is 2.24. The summed E-state index contributed by atoms with van der Waals surface area (Å²) in [4.78, 5) is 0. The first-order valence-electron chi connectivity index (χ1n) is 6.52. The molecular formula is C14H19F2NO. The summed E-state index contributed by atoms with van der Waals surface area (Å²) >= 11 is 0. The molecule has 1 aromatic carbocycles. The Kier molecular flexibility index (Phi) is 4.04. The molecule has 2 atom stereocenters. The van der Waals surface area contributed by atoms with E-state index in [1.54, 1.807) is 0 Å². The molecule has 0 aromatic heterocycles. The molecule has 0 saturated heterocycles. The second-order valence-electron chi connectivity index (χ2n) is 4.96. The molecule has 2 rings (SSSR count). The third kappa shape index (κ3) is 2.74. The number of benzene rings is 1. The van der Waals surface area contributed by atoms with Gasteiger partial charge in [0.15, 0.2) is 11.6 Å². The van der Waals surface area contributed by atoms with Crippen LogP contribution in [0, 0.1) is 17.6 Å². The van der Waals surface area contributed by atoms with Gasteiger partial charge in [-0.3, -0.25) is 0 Å². The summed E-state index contributed by atoms with van der Waals surface area (Å²) < 4.78 is 32.4. The zero-order valence-electron chi connectivity index (χ0n) is 10.6. The summed E-state index contributed by atoms with van der Waals surface area (Å²) in [5.74, 6) is -1.41. The number of ether oxygens (including phenoxy) is 1. The Labute approximate surface area is 106 Å². The molecule has 1 aliphatic rings. The van der Waals surface area contributed by atoms with Crippen LogP contribution in [0.1, 0.15) is 39.0 Å². The molecule has 1 aliphatic carbocycles. The summed E-state index contributed by atoms with van der Waals surface area (Å²) in [5.41, 5.74) is 5.80. The van der Waals surface area contributed by atoms with Crippen molar-refractivity contribution in [3.63, 3.8) is 0 Å². The highest BCUT2D eigenvalue weighted by atomic mass is 19.2. The number of nitrogens with two attached hydrogens (primary N) is 1. The normalized spacial score (nSPS) is 23.9. The molecule has 2 nitrogen and oxygen atoms in total. The van der Waals surface area contributed by atoms with E-state index in [4.69, 9.17) is 10.5 Å². The van der Waals surface area contributed by atoms with E-state index >= 15 is 0 Å². The summed E-state index contributed by atoms with van der Waals surface area (Å²) in [6.07, 6.45) is 5.08. The van der Waals surface area contributed by atoms with Gasteiger partial charge in [0.1, 0.15) is 0 Å². The number of halogens is 2. The van der Waals surface area contributed by atoms with Crippen LogP contribution < -0.4 is 10.5 Å². The van der Waals surface area contributed by atoms with Gasteiger partial charge in [-0.25, -0.2) is 4.39 Å². The van der Waals surface area contributed by atoms with Gasteiger partial charge in [0.25, 0.3) is 0 Å². The molecule has 4 heteroatoms. The van der Waals surface area contributed by atoms with Gasteiger partial charge in [-0.05, 0) is 37.3 Å². The van der Waals surface area contributed by atoms with Gasteiger partial charge in [-0.15, -0.1) is 0 Å². The van der Waals surface area contributed by atoms with Gasteiger partial charge in [-0.1, -0.05) is 19.8 Å². The molecule has 2 N–H and O–H groups in total. The lowest BCUT2D eigenvalue weighted by Gasteiger charge is -2.29. The third-order valence-corrected chi connectivity index (χ3v) is 3.68. The van der Waals surface area contributed by atoms with Gasteiger partial charge in [0, 0.05) is 0 Å². The van der Waals surface area contributed by atoms with Gasteiger partial charge >= 0.3 is 0 Å². The summed E-state index contributed by atoms with van der Waals surface area (Å²) in [6, 6.07) is 2.36. The van der Waals surface area contributed by atoms with Crippen molar-refractivity contribution >= 4 is 5.69 Å². The number of hydrogen-bond donors (Lipinski definition) is 1. The van der Waals surface area contributed by atoms with Gasteiger partial charge in [0.2, 0.25) is 5.82 Å². The van der Waals surface area contributed by atoms with Gasteiger partial charge in [-0.2, -0.15) is 4.39 Å². The van der Waals surface area contributed by atoms with Crippen LogP contribution in [-0.2, 0) is 0 Å². The van der Waals surface area contributed by atoms with Crippen molar-refractivity contribution in [1.29, 1.82) is 0 Å². The lowest BCUT2D eigenvalue weighted by atomic mass is 9.85. The fraction of sp³-hybridized carbons (Fsp3) is 0.571. The average molecular weight is 255 g/mol. The first kappa shape index (κ1) is 13.1. The van der Waals surface area contributed by atoms with Crippen molar-refractivity contribution in [3.05, 3.63) is 23.8 Å². The fourth-order valence-corrected chi connectivity index (χ4v) is 2.55. The van der Waals surface area contributed by atoms with Crippen LogP contribution in [0.3, 0.4) is 0 Å². The quantitative estimate of drug-likeness (QED) is 0.831. The predicted octanol–water partition coefficient (Wildman–Crippen LogP) is 3.89. The van der Waals surface area contributed by atoms with E-state index in [0.717, 1.165) is 31.7 Å². The maximum absolute atomic E-state index is 13.6. The SMILES string of the molecule is CCC1CCCC(Oc2c(N)ccc(F)c2F)C1.